The number of rotatable bonds is 6. The van der Waals surface area contributed by atoms with Crippen molar-refractivity contribution in [2.45, 2.75) is 34.1 Å². The molecule has 6 heteroatoms. The van der Waals surface area contributed by atoms with Crippen molar-refractivity contribution < 1.29 is 14.4 Å². The van der Waals surface area contributed by atoms with Crippen LogP contribution in [-0.4, -0.2) is 37.2 Å². The molecule has 0 fully saturated rings. The number of amides is 1. The van der Waals surface area contributed by atoms with Gasteiger partial charge in [-0.05, 0) is 12.3 Å². The van der Waals surface area contributed by atoms with Gasteiger partial charge in [0, 0.05) is 25.8 Å². The highest BCUT2D eigenvalue weighted by atomic mass is 32.2. The number of ether oxygens (including phenoxy) is 1. The van der Waals surface area contributed by atoms with E-state index in [2.05, 4.69) is 31.2 Å². The molecule has 0 unspecified atom stereocenters. The van der Waals surface area contributed by atoms with Crippen LogP contribution < -0.4 is 5.32 Å². The van der Waals surface area contributed by atoms with E-state index in [4.69, 9.17) is 9.57 Å². The molecule has 5 nitrogen and oxygen atoms in total. The van der Waals surface area contributed by atoms with Crippen LogP contribution in [0.1, 0.15) is 34.1 Å². The van der Waals surface area contributed by atoms with Crippen LogP contribution in [0.5, 0.6) is 0 Å². The predicted octanol–water partition coefficient (Wildman–Crippen LogP) is 2.86. The lowest BCUT2D eigenvalue weighted by Gasteiger charge is -2.18. The fraction of sp³-hybridized carbons (Fsp3) is 0.833. The second kappa shape index (κ2) is 9.22. The van der Waals surface area contributed by atoms with E-state index in [1.165, 1.54) is 7.05 Å². The molecule has 1 N–H and O–H groups in total. The summed E-state index contributed by atoms with van der Waals surface area (Å²) in [5, 5.41) is 7.06. The number of thioether (sulfide) groups is 1. The molecule has 0 rings (SSSR count). The number of nitrogens with one attached hydrogen (secondary N) is 1. The standard InChI is InChI=1S/C12H24N2O3S/c1-6-16-7-8-18-10(9-12(2,3)4)14-17-11(15)13-5/h6-9H2,1-5H3,(H,13,15). The molecular weight excluding hydrogens is 252 g/mol. The molecule has 106 valence electrons. The van der Waals surface area contributed by atoms with Crippen LogP contribution >= 0.6 is 11.8 Å². The van der Waals surface area contributed by atoms with Crippen molar-refractivity contribution in [3.63, 3.8) is 0 Å². The largest absolute Gasteiger partial charge is 0.433 e. The quantitative estimate of drug-likeness (QED) is 0.266. The Bertz CT molecular complexity index is 275. The summed E-state index contributed by atoms with van der Waals surface area (Å²) in [5.74, 6) is 0.805. The zero-order valence-corrected chi connectivity index (χ0v) is 12.7. The lowest BCUT2D eigenvalue weighted by Crippen LogP contribution is -2.18. The first-order valence-corrected chi connectivity index (χ1v) is 7.03. The third-order valence-corrected chi connectivity index (χ3v) is 2.74. The summed E-state index contributed by atoms with van der Waals surface area (Å²) in [7, 11) is 1.50. The third kappa shape index (κ3) is 10.4. The normalized spacial score (nSPS) is 12.4. The summed E-state index contributed by atoms with van der Waals surface area (Å²) in [4.78, 5) is 15.7. The van der Waals surface area contributed by atoms with Gasteiger partial charge in [0.1, 0.15) is 5.04 Å². The molecule has 0 aromatic heterocycles. The van der Waals surface area contributed by atoms with Gasteiger partial charge >= 0.3 is 6.09 Å². The minimum Gasteiger partial charge on any atom is -0.381 e. The monoisotopic (exact) mass is 276 g/mol. The fourth-order valence-corrected chi connectivity index (χ4v) is 2.13. The topological polar surface area (TPSA) is 59.9 Å². The molecule has 1 amide bonds. The van der Waals surface area contributed by atoms with Gasteiger partial charge in [0.25, 0.3) is 0 Å². The molecule has 0 aromatic rings. The Kier molecular flexibility index (Phi) is 8.83. The Labute approximate surface area is 114 Å². The summed E-state index contributed by atoms with van der Waals surface area (Å²) < 4.78 is 5.26. The zero-order chi connectivity index (χ0) is 14.0. The number of carbonyl (C=O) groups excluding carboxylic acids is 1. The molecule has 0 aromatic carbocycles. The number of hydrogen-bond donors (Lipinski definition) is 1. The van der Waals surface area contributed by atoms with Crippen LogP contribution in [0, 0.1) is 5.41 Å². The second-order valence-electron chi connectivity index (χ2n) is 4.90. The molecule has 0 aliphatic rings. The van der Waals surface area contributed by atoms with Crippen molar-refractivity contribution in [1.82, 2.24) is 5.32 Å². The third-order valence-electron chi connectivity index (χ3n) is 1.82. The van der Waals surface area contributed by atoms with E-state index in [0.717, 1.165) is 17.2 Å². The van der Waals surface area contributed by atoms with Gasteiger partial charge < -0.3 is 10.1 Å². The zero-order valence-electron chi connectivity index (χ0n) is 11.9. The average molecular weight is 276 g/mol. The number of oxime groups is 1. The Morgan fingerprint density at radius 3 is 2.56 bits per heavy atom. The molecule has 0 atom stereocenters. The highest BCUT2D eigenvalue weighted by molar-refractivity contribution is 8.13. The maximum absolute atomic E-state index is 11.0. The van der Waals surface area contributed by atoms with Crippen molar-refractivity contribution >= 4 is 22.9 Å². The van der Waals surface area contributed by atoms with E-state index in [1.807, 2.05) is 6.92 Å². The van der Waals surface area contributed by atoms with Gasteiger partial charge in [0.2, 0.25) is 0 Å². The molecule has 0 saturated carbocycles. The van der Waals surface area contributed by atoms with Gasteiger partial charge in [0.15, 0.2) is 0 Å². The highest BCUT2D eigenvalue weighted by Gasteiger charge is 2.16. The van der Waals surface area contributed by atoms with Crippen LogP contribution in [0.4, 0.5) is 4.79 Å². The van der Waals surface area contributed by atoms with Gasteiger partial charge in [-0.1, -0.05) is 25.9 Å². The van der Waals surface area contributed by atoms with E-state index < -0.39 is 6.09 Å². The lowest BCUT2D eigenvalue weighted by molar-refractivity contribution is 0.153. The molecule has 0 radical (unpaired) electrons. The number of hydrogen-bond acceptors (Lipinski definition) is 5. The summed E-state index contributed by atoms with van der Waals surface area (Å²) >= 11 is 1.56. The van der Waals surface area contributed by atoms with Crippen molar-refractivity contribution in [1.29, 1.82) is 0 Å². The summed E-state index contributed by atoms with van der Waals surface area (Å²) in [6.07, 6.45) is 0.215. The van der Waals surface area contributed by atoms with Gasteiger partial charge in [-0.25, -0.2) is 4.79 Å². The van der Waals surface area contributed by atoms with Crippen molar-refractivity contribution in [2.24, 2.45) is 10.6 Å². The van der Waals surface area contributed by atoms with Crippen LogP contribution in [0.2, 0.25) is 0 Å². The Hall–Kier alpha value is -0.750. The van der Waals surface area contributed by atoms with Crippen molar-refractivity contribution in [3.8, 4) is 0 Å². The average Bonchev–Trinajstić information content (AvgIpc) is 2.29. The van der Waals surface area contributed by atoms with Crippen molar-refractivity contribution in [3.05, 3.63) is 0 Å². The second-order valence-corrected chi connectivity index (χ2v) is 6.06. The Morgan fingerprint density at radius 2 is 2.06 bits per heavy atom. The smallest absolute Gasteiger partial charge is 0.381 e. The van der Waals surface area contributed by atoms with E-state index in [0.29, 0.717) is 13.2 Å². The SMILES string of the molecule is CCOCCSC(CC(C)(C)C)=NOC(=O)NC. The minimum atomic E-state index is -0.549. The maximum Gasteiger partial charge on any atom is 0.433 e. The Balaban J connectivity index is 4.28. The first-order valence-electron chi connectivity index (χ1n) is 6.05. The molecule has 0 bridgehead atoms. The molecule has 0 saturated heterocycles. The Morgan fingerprint density at radius 1 is 1.39 bits per heavy atom. The van der Waals surface area contributed by atoms with E-state index in [-0.39, 0.29) is 5.41 Å². The summed E-state index contributed by atoms with van der Waals surface area (Å²) in [5.41, 5.74) is 0.101. The molecule has 18 heavy (non-hydrogen) atoms. The molecule has 0 aliphatic carbocycles. The van der Waals surface area contributed by atoms with Gasteiger partial charge in [0.05, 0.1) is 6.61 Å². The maximum atomic E-state index is 11.0. The first-order chi connectivity index (χ1) is 8.39. The fourth-order valence-electron chi connectivity index (χ4n) is 1.06. The number of nitrogens with zero attached hydrogens (tertiary/aromatic N) is 1. The summed E-state index contributed by atoms with van der Waals surface area (Å²) in [6.45, 7) is 9.69. The van der Waals surface area contributed by atoms with E-state index >= 15 is 0 Å². The predicted molar refractivity (Wildman–Crippen MR) is 76.0 cm³/mol. The lowest BCUT2D eigenvalue weighted by atomic mass is 9.93. The van der Waals surface area contributed by atoms with E-state index in [9.17, 15) is 4.79 Å². The molecular formula is C12H24N2O3S. The van der Waals surface area contributed by atoms with Crippen LogP contribution in [0.25, 0.3) is 0 Å². The molecule has 0 aliphatic heterocycles. The highest BCUT2D eigenvalue weighted by Crippen LogP contribution is 2.24. The molecule has 0 spiro atoms. The summed E-state index contributed by atoms with van der Waals surface area (Å²) in [6, 6.07) is 0. The van der Waals surface area contributed by atoms with Crippen LogP contribution in [0.3, 0.4) is 0 Å². The van der Waals surface area contributed by atoms with Gasteiger partial charge in [-0.15, -0.1) is 11.8 Å². The first kappa shape index (κ1) is 17.2. The van der Waals surface area contributed by atoms with Crippen molar-refractivity contribution in [2.75, 3.05) is 26.0 Å². The minimum absolute atomic E-state index is 0.101. The van der Waals surface area contributed by atoms with Crippen LogP contribution in [0.15, 0.2) is 5.16 Å². The van der Waals surface area contributed by atoms with Crippen LogP contribution in [-0.2, 0) is 9.57 Å². The van der Waals surface area contributed by atoms with Gasteiger partial charge in [-0.3, -0.25) is 4.84 Å². The van der Waals surface area contributed by atoms with Gasteiger partial charge in [-0.2, -0.15) is 0 Å². The number of carbonyl (C=O) groups is 1. The molecule has 0 heterocycles. The van der Waals surface area contributed by atoms with E-state index in [1.54, 1.807) is 11.8 Å².